The van der Waals surface area contributed by atoms with Gasteiger partial charge in [-0.15, -0.1) is 0 Å². The lowest BCUT2D eigenvalue weighted by molar-refractivity contribution is 0.847. The Morgan fingerprint density at radius 3 is 2.21 bits per heavy atom. The van der Waals surface area contributed by atoms with Crippen LogP contribution >= 0.6 is 12.2 Å². The molecule has 0 aliphatic rings. The highest BCUT2D eigenvalue weighted by molar-refractivity contribution is 7.71. The van der Waals surface area contributed by atoms with Crippen LogP contribution in [0.4, 0.5) is 0 Å². The van der Waals surface area contributed by atoms with Gasteiger partial charge in [-0.3, -0.25) is 4.57 Å². The summed E-state index contributed by atoms with van der Waals surface area (Å²) in [6, 6.07) is 20.2. The van der Waals surface area contributed by atoms with Crippen LogP contribution in [0.15, 0.2) is 73.1 Å². The molecule has 0 aliphatic carbocycles. The summed E-state index contributed by atoms with van der Waals surface area (Å²) in [5.74, 6) is 0. The number of nitrogens with zero attached hydrogens (tertiary/aromatic N) is 3. The summed E-state index contributed by atoms with van der Waals surface area (Å²) in [6.45, 7) is 2.06. The maximum absolute atomic E-state index is 5.48. The molecule has 2 heterocycles. The average Bonchev–Trinajstić information content (AvgIpc) is 3.19. The number of H-pyrrole nitrogens is 1. The Balaban J connectivity index is 1.79. The smallest absolute Gasteiger partial charge is 0.182 e. The molecule has 2 aromatic carbocycles. The van der Waals surface area contributed by atoms with Gasteiger partial charge >= 0.3 is 0 Å². The predicted molar refractivity (Wildman–Crippen MR) is 98.2 cm³/mol. The van der Waals surface area contributed by atoms with Crippen LogP contribution in [0.2, 0.25) is 0 Å². The number of benzene rings is 2. The Hall–Kier alpha value is -2.92. The summed E-state index contributed by atoms with van der Waals surface area (Å²) >= 11 is 5.48. The molecule has 0 amide bonds. The fraction of sp³-hybridized carbons (Fsp3) is 0.0526. The minimum atomic E-state index is 0.670. The van der Waals surface area contributed by atoms with Crippen LogP contribution in [0.25, 0.3) is 22.6 Å². The Morgan fingerprint density at radius 2 is 1.54 bits per heavy atom. The third-order valence-electron chi connectivity index (χ3n) is 4.05. The first kappa shape index (κ1) is 14.7. The minimum Gasteiger partial charge on any atom is -0.330 e. The van der Waals surface area contributed by atoms with Gasteiger partial charge in [0.25, 0.3) is 0 Å². The highest BCUT2D eigenvalue weighted by atomic mass is 32.1. The molecular formula is C19H16N4S. The highest BCUT2D eigenvalue weighted by Crippen LogP contribution is 2.25. The van der Waals surface area contributed by atoms with Crippen LogP contribution in [0.5, 0.6) is 0 Å². The molecule has 1 N–H and O–H groups in total. The molecule has 0 saturated carbocycles. The summed E-state index contributed by atoms with van der Waals surface area (Å²) in [7, 11) is 0. The second-order valence-corrected chi connectivity index (χ2v) is 5.96. The van der Waals surface area contributed by atoms with Crippen molar-refractivity contribution < 1.29 is 0 Å². The van der Waals surface area contributed by atoms with Crippen molar-refractivity contribution >= 4 is 12.2 Å². The predicted octanol–water partition coefficient (Wildman–Crippen LogP) is 4.70. The fourth-order valence-corrected chi connectivity index (χ4v) is 3.08. The van der Waals surface area contributed by atoms with Gasteiger partial charge < -0.3 is 4.98 Å². The van der Waals surface area contributed by atoms with E-state index in [0.717, 1.165) is 28.3 Å². The number of hydrogen-bond acceptors (Lipinski definition) is 2. The molecule has 118 valence electrons. The largest absolute Gasteiger partial charge is 0.330 e. The van der Waals surface area contributed by atoms with Crippen molar-refractivity contribution in [3.8, 4) is 22.6 Å². The number of aromatic amines is 1. The molecule has 4 aromatic rings. The Labute approximate surface area is 145 Å². The normalized spacial score (nSPS) is 10.9. The summed E-state index contributed by atoms with van der Waals surface area (Å²) in [6.07, 6.45) is 3.90. The summed E-state index contributed by atoms with van der Waals surface area (Å²) in [5.41, 5.74) is 5.15. The number of nitrogens with one attached hydrogen (secondary N) is 1. The molecule has 0 unspecified atom stereocenters. The van der Waals surface area contributed by atoms with Crippen LogP contribution in [0.1, 0.15) is 5.69 Å². The zero-order chi connectivity index (χ0) is 16.5. The van der Waals surface area contributed by atoms with Crippen molar-refractivity contribution in [3.63, 3.8) is 0 Å². The molecule has 24 heavy (non-hydrogen) atoms. The molecule has 4 rings (SSSR count). The van der Waals surface area contributed by atoms with E-state index in [4.69, 9.17) is 12.2 Å². The monoisotopic (exact) mass is 332 g/mol. The molecule has 0 fully saturated rings. The van der Waals surface area contributed by atoms with Crippen LogP contribution in [-0.2, 0) is 0 Å². The van der Waals surface area contributed by atoms with E-state index in [0.29, 0.717) is 4.77 Å². The number of rotatable bonds is 3. The summed E-state index contributed by atoms with van der Waals surface area (Å²) in [4.78, 5) is 3.29. The maximum atomic E-state index is 5.48. The van der Waals surface area contributed by atoms with E-state index in [9.17, 15) is 0 Å². The van der Waals surface area contributed by atoms with Gasteiger partial charge in [0.1, 0.15) is 0 Å². The molecule has 0 radical (unpaired) electrons. The number of aromatic nitrogens is 4. The minimum absolute atomic E-state index is 0.670. The van der Waals surface area contributed by atoms with Crippen molar-refractivity contribution in [2.24, 2.45) is 0 Å². The number of hydrogen-bond donors (Lipinski definition) is 1. The van der Waals surface area contributed by atoms with Crippen LogP contribution in [-0.4, -0.2) is 19.3 Å². The third kappa shape index (κ3) is 2.49. The molecule has 2 aromatic heterocycles. The highest BCUT2D eigenvalue weighted by Gasteiger charge is 2.12. The summed E-state index contributed by atoms with van der Waals surface area (Å²) < 4.78 is 4.58. The van der Waals surface area contributed by atoms with Gasteiger partial charge in [0.15, 0.2) is 4.77 Å². The Morgan fingerprint density at radius 1 is 0.917 bits per heavy atom. The van der Waals surface area contributed by atoms with Gasteiger partial charge in [-0.1, -0.05) is 36.4 Å². The molecule has 0 aliphatic heterocycles. The van der Waals surface area contributed by atoms with Crippen molar-refractivity contribution in [1.29, 1.82) is 0 Å². The van der Waals surface area contributed by atoms with Crippen molar-refractivity contribution in [2.45, 2.75) is 6.92 Å². The fourth-order valence-electron chi connectivity index (χ4n) is 2.82. The van der Waals surface area contributed by atoms with E-state index in [1.54, 1.807) is 0 Å². The molecular weight excluding hydrogens is 316 g/mol. The maximum Gasteiger partial charge on any atom is 0.182 e. The molecule has 0 spiro atoms. The topological polar surface area (TPSA) is 38.5 Å². The van der Waals surface area contributed by atoms with Crippen LogP contribution in [0, 0.1) is 11.7 Å². The zero-order valence-corrected chi connectivity index (χ0v) is 14.0. The molecule has 5 heteroatoms. The quantitative estimate of drug-likeness (QED) is 0.552. The lowest BCUT2D eigenvalue weighted by Crippen LogP contribution is -1.98. The Bertz CT molecular complexity index is 1030. The summed E-state index contributed by atoms with van der Waals surface area (Å²) in [5, 5.41) is 4.53. The Kier molecular flexibility index (Phi) is 3.63. The first-order chi connectivity index (χ1) is 11.7. The standard InChI is InChI=1S/C19H16N4S/c1-14-17(12-20-23(14)16-10-6-3-7-11-16)18-13-22(19(24)21-18)15-8-4-2-5-9-15/h2-13H,1H3,(H,21,24). The zero-order valence-electron chi connectivity index (χ0n) is 13.2. The van der Waals surface area contributed by atoms with Gasteiger partial charge in [-0.2, -0.15) is 5.10 Å². The SMILES string of the molecule is Cc1c(-c2cn(-c3ccccc3)c(=S)[nH]2)cnn1-c1ccccc1. The van der Waals surface area contributed by atoms with Crippen molar-refractivity contribution in [3.05, 3.63) is 83.5 Å². The first-order valence-electron chi connectivity index (χ1n) is 7.71. The second-order valence-electron chi connectivity index (χ2n) is 5.57. The molecule has 0 saturated heterocycles. The van der Waals surface area contributed by atoms with E-state index < -0.39 is 0 Å². The van der Waals surface area contributed by atoms with Crippen molar-refractivity contribution in [1.82, 2.24) is 19.3 Å². The van der Waals surface area contributed by atoms with Crippen LogP contribution < -0.4 is 0 Å². The second kappa shape index (κ2) is 5.94. The van der Waals surface area contributed by atoms with Crippen LogP contribution in [0.3, 0.4) is 0 Å². The molecule has 0 atom stereocenters. The first-order valence-corrected chi connectivity index (χ1v) is 8.12. The van der Waals surface area contributed by atoms with Gasteiger partial charge in [0.05, 0.1) is 23.3 Å². The molecule has 0 bridgehead atoms. The third-order valence-corrected chi connectivity index (χ3v) is 4.35. The van der Waals surface area contributed by atoms with Gasteiger partial charge in [0.2, 0.25) is 0 Å². The van der Waals surface area contributed by atoms with Crippen molar-refractivity contribution in [2.75, 3.05) is 0 Å². The van der Waals surface area contributed by atoms with E-state index in [-0.39, 0.29) is 0 Å². The van der Waals surface area contributed by atoms with Gasteiger partial charge in [0, 0.05) is 17.4 Å². The average molecular weight is 332 g/mol. The van der Waals surface area contributed by atoms with Gasteiger partial charge in [-0.05, 0) is 43.4 Å². The lowest BCUT2D eigenvalue weighted by atomic mass is 10.2. The van der Waals surface area contributed by atoms with Gasteiger partial charge in [-0.25, -0.2) is 4.68 Å². The number of para-hydroxylation sites is 2. The number of imidazole rings is 1. The van der Waals surface area contributed by atoms with E-state index in [1.165, 1.54) is 0 Å². The van der Waals surface area contributed by atoms with E-state index in [1.807, 2.05) is 82.3 Å². The lowest BCUT2D eigenvalue weighted by Gasteiger charge is -2.04. The van der Waals surface area contributed by atoms with E-state index in [2.05, 4.69) is 17.0 Å². The van der Waals surface area contributed by atoms with E-state index >= 15 is 0 Å². The molecule has 4 nitrogen and oxygen atoms in total.